The number of benzene rings is 1. The fourth-order valence-corrected chi connectivity index (χ4v) is 1.49. The van der Waals surface area contributed by atoms with Crippen molar-refractivity contribution in [3.8, 4) is 5.75 Å². The number of Topliss-reactive ketones (excluding diaryl/α,β-unsaturated/α-hetero) is 1. The zero-order valence-electron chi connectivity index (χ0n) is 9.40. The van der Waals surface area contributed by atoms with E-state index in [2.05, 4.69) is 0 Å². The number of phenolic OH excluding ortho intramolecular Hbond substituents is 1. The van der Waals surface area contributed by atoms with Crippen LogP contribution >= 0.6 is 11.6 Å². The van der Waals surface area contributed by atoms with Crippen LogP contribution in [0.1, 0.15) is 30.1 Å². The van der Waals surface area contributed by atoms with Crippen LogP contribution in [0.4, 0.5) is 0 Å². The van der Waals surface area contributed by atoms with Gasteiger partial charge in [-0.3, -0.25) is 9.59 Å². The van der Waals surface area contributed by atoms with E-state index in [-0.39, 0.29) is 29.9 Å². The van der Waals surface area contributed by atoms with Gasteiger partial charge in [0.05, 0.1) is 18.6 Å². The molecule has 4 nitrogen and oxygen atoms in total. The van der Waals surface area contributed by atoms with Gasteiger partial charge >= 0.3 is 5.97 Å². The van der Waals surface area contributed by atoms with Crippen LogP contribution in [-0.4, -0.2) is 23.5 Å². The number of esters is 1. The highest BCUT2D eigenvalue weighted by atomic mass is 35.5. The Morgan fingerprint density at radius 3 is 2.65 bits per heavy atom. The molecule has 0 amide bonds. The van der Waals surface area contributed by atoms with Gasteiger partial charge in [0.15, 0.2) is 5.78 Å². The molecule has 0 aliphatic rings. The summed E-state index contributed by atoms with van der Waals surface area (Å²) in [6.07, 6.45) is 0.0166. The molecule has 0 heterocycles. The quantitative estimate of drug-likeness (QED) is 0.650. The molecule has 0 atom stereocenters. The number of ether oxygens (including phenoxy) is 1. The van der Waals surface area contributed by atoms with Gasteiger partial charge in [0.1, 0.15) is 5.75 Å². The molecule has 0 aliphatic carbocycles. The normalized spacial score (nSPS) is 10.0. The van der Waals surface area contributed by atoms with Crippen LogP contribution < -0.4 is 0 Å². The molecule has 0 aliphatic heterocycles. The van der Waals surface area contributed by atoms with Gasteiger partial charge in [-0.15, -0.1) is 0 Å². The van der Waals surface area contributed by atoms with Crippen LogP contribution in [0.5, 0.6) is 5.75 Å². The Morgan fingerprint density at radius 2 is 2.06 bits per heavy atom. The molecule has 0 bridgehead atoms. The molecule has 1 rings (SSSR count). The SMILES string of the molecule is CCOC(=O)CCC(=O)c1ccc(Cl)cc1O. The largest absolute Gasteiger partial charge is 0.507 e. The molecule has 0 spiro atoms. The van der Waals surface area contributed by atoms with Crippen molar-refractivity contribution in [3.63, 3.8) is 0 Å². The number of halogens is 1. The van der Waals surface area contributed by atoms with E-state index in [0.717, 1.165) is 0 Å². The van der Waals surface area contributed by atoms with Crippen molar-refractivity contribution in [2.24, 2.45) is 0 Å². The van der Waals surface area contributed by atoms with Crippen molar-refractivity contribution in [1.82, 2.24) is 0 Å². The highest BCUT2D eigenvalue weighted by molar-refractivity contribution is 6.30. The Bertz CT molecular complexity index is 429. The van der Waals surface area contributed by atoms with E-state index in [1.165, 1.54) is 18.2 Å². The number of phenols is 1. The molecule has 1 aromatic rings. The minimum atomic E-state index is -0.422. The Labute approximate surface area is 104 Å². The van der Waals surface area contributed by atoms with E-state index in [1.807, 2.05) is 0 Å². The second-order valence-electron chi connectivity index (χ2n) is 3.39. The number of aromatic hydroxyl groups is 1. The van der Waals surface area contributed by atoms with Gasteiger partial charge in [0.2, 0.25) is 0 Å². The third-order valence-corrected chi connectivity index (χ3v) is 2.36. The minimum absolute atomic E-state index is 0.00796. The lowest BCUT2D eigenvalue weighted by Gasteiger charge is -2.04. The molecule has 0 fully saturated rings. The zero-order chi connectivity index (χ0) is 12.8. The Hall–Kier alpha value is -1.55. The molecule has 0 aromatic heterocycles. The second kappa shape index (κ2) is 6.25. The van der Waals surface area contributed by atoms with E-state index in [0.29, 0.717) is 11.6 Å². The highest BCUT2D eigenvalue weighted by Gasteiger charge is 2.13. The third-order valence-electron chi connectivity index (χ3n) is 2.12. The minimum Gasteiger partial charge on any atom is -0.507 e. The summed E-state index contributed by atoms with van der Waals surface area (Å²) in [5, 5.41) is 9.86. The summed E-state index contributed by atoms with van der Waals surface area (Å²) in [5.74, 6) is -0.909. The smallest absolute Gasteiger partial charge is 0.306 e. The second-order valence-corrected chi connectivity index (χ2v) is 3.83. The van der Waals surface area contributed by atoms with Crippen LogP contribution in [0.25, 0.3) is 0 Å². The number of hydrogen-bond donors (Lipinski definition) is 1. The van der Waals surface area contributed by atoms with Gasteiger partial charge in [0, 0.05) is 11.4 Å². The van der Waals surface area contributed by atoms with Crippen LogP contribution in [0.2, 0.25) is 5.02 Å². The van der Waals surface area contributed by atoms with E-state index < -0.39 is 5.97 Å². The number of carbonyl (C=O) groups is 2. The summed E-state index contributed by atoms with van der Waals surface area (Å²) < 4.78 is 4.70. The van der Waals surface area contributed by atoms with Crippen molar-refractivity contribution < 1.29 is 19.4 Å². The first-order chi connectivity index (χ1) is 8.04. The van der Waals surface area contributed by atoms with E-state index in [1.54, 1.807) is 6.92 Å². The van der Waals surface area contributed by atoms with E-state index >= 15 is 0 Å². The first-order valence-corrected chi connectivity index (χ1v) is 5.59. The molecule has 5 heteroatoms. The number of rotatable bonds is 5. The van der Waals surface area contributed by atoms with Gasteiger partial charge in [-0.25, -0.2) is 0 Å². The number of carbonyl (C=O) groups excluding carboxylic acids is 2. The molecular formula is C12H13ClO4. The molecule has 1 N–H and O–H groups in total. The number of ketones is 1. The van der Waals surface area contributed by atoms with Crippen molar-refractivity contribution in [2.75, 3.05) is 6.61 Å². The van der Waals surface area contributed by atoms with Gasteiger partial charge in [-0.05, 0) is 25.1 Å². The number of hydrogen-bond acceptors (Lipinski definition) is 4. The lowest BCUT2D eigenvalue weighted by atomic mass is 10.1. The van der Waals surface area contributed by atoms with Gasteiger partial charge in [-0.2, -0.15) is 0 Å². The van der Waals surface area contributed by atoms with Crippen molar-refractivity contribution in [1.29, 1.82) is 0 Å². The maximum absolute atomic E-state index is 11.7. The fraction of sp³-hybridized carbons (Fsp3) is 0.333. The molecule has 0 radical (unpaired) electrons. The Balaban J connectivity index is 2.61. The van der Waals surface area contributed by atoms with Crippen LogP contribution in [-0.2, 0) is 9.53 Å². The first-order valence-electron chi connectivity index (χ1n) is 5.22. The third kappa shape index (κ3) is 4.07. The average molecular weight is 257 g/mol. The van der Waals surface area contributed by atoms with Gasteiger partial charge < -0.3 is 9.84 Å². The van der Waals surface area contributed by atoms with Crippen LogP contribution in [0.3, 0.4) is 0 Å². The summed E-state index contributed by atoms with van der Waals surface area (Å²) in [6.45, 7) is 1.99. The Morgan fingerprint density at radius 1 is 1.35 bits per heavy atom. The Kier molecular flexibility index (Phi) is 4.97. The molecule has 0 unspecified atom stereocenters. The summed E-state index contributed by atoms with van der Waals surface area (Å²) >= 11 is 5.64. The standard InChI is InChI=1S/C12H13ClO4/c1-2-17-12(16)6-5-10(14)9-4-3-8(13)7-11(9)15/h3-4,7,15H,2,5-6H2,1H3. The van der Waals surface area contributed by atoms with Crippen molar-refractivity contribution in [3.05, 3.63) is 28.8 Å². The molecule has 0 saturated carbocycles. The van der Waals surface area contributed by atoms with Gasteiger partial charge in [-0.1, -0.05) is 11.6 Å². The molecule has 17 heavy (non-hydrogen) atoms. The van der Waals surface area contributed by atoms with E-state index in [9.17, 15) is 14.7 Å². The summed E-state index contributed by atoms with van der Waals surface area (Å²) in [5.41, 5.74) is 0.165. The topological polar surface area (TPSA) is 63.6 Å². The van der Waals surface area contributed by atoms with Crippen LogP contribution in [0, 0.1) is 0 Å². The molecular weight excluding hydrogens is 244 g/mol. The van der Waals surface area contributed by atoms with Crippen LogP contribution in [0.15, 0.2) is 18.2 Å². The maximum Gasteiger partial charge on any atom is 0.306 e. The van der Waals surface area contributed by atoms with Crippen molar-refractivity contribution >= 4 is 23.4 Å². The molecule has 1 aromatic carbocycles. The first kappa shape index (κ1) is 13.5. The summed E-state index contributed by atoms with van der Waals surface area (Å²) in [6, 6.07) is 4.24. The average Bonchev–Trinajstić information content (AvgIpc) is 2.26. The highest BCUT2D eigenvalue weighted by Crippen LogP contribution is 2.23. The van der Waals surface area contributed by atoms with Crippen molar-refractivity contribution in [2.45, 2.75) is 19.8 Å². The lowest BCUT2D eigenvalue weighted by Crippen LogP contribution is -2.08. The predicted molar refractivity (Wildman–Crippen MR) is 63.3 cm³/mol. The van der Waals surface area contributed by atoms with E-state index in [4.69, 9.17) is 16.3 Å². The fourth-order valence-electron chi connectivity index (χ4n) is 1.32. The predicted octanol–water partition coefficient (Wildman–Crippen LogP) is 2.57. The van der Waals surface area contributed by atoms with Gasteiger partial charge in [0.25, 0.3) is 0 Å². The lowest BCUT2D eigenvalue weighted by molar-refractivity contribution is -0.143. The molecule has 0 saturated heterocycles. The zero-order valence-corrected chi connectivity index (χ0v) is 10.2. The summed E-state index contributed by atoms with van der Waals surface area (Å²) in [4.78, 5) is 22.7. The molecule has 92 valence electrons. The monoisotopic (exact) mass is 256 g/mol. The maximum atomic E-state index is 11.7. The summed E-state index contributed by atoms with van der Waals surface area (Å²) in [7, 11) is 0.